The van der Waals surface area contributed by atoms with Crippen LogP contribution in [0.15, 0.2) is 60.7 Å². The zero-order chi connectivity index (χ0) is 22.2. The second-order valence-corrected chi connectivity index (χ2v) is 9.65. The van der Waals surface area contributed by atoms with Gasteiger partial charge in [0.25, 0.3) is 0 Å². The average molecular weight is 467 g/mol. The Bertz CT molecular complexity index is 949. The van der Waals surface area contributed by atoms with E-state index in [0.29, 0.717) is 29.3 Å². The molecule has 166 valence electrons. The molecule has 0 heterocycles. The Morgan fingerprint density at radius 2 is 1.06 bits per heavy atom. The second kappa shape index (κ2) is 8.83. The maximum absolute atomic E-state index is 6.17. The van der Waals surface area contributed by atoms with Gasteiger partial charge in [0, 0.05) is 30.4 Å². The maximum Gasteiger partial charge on any atom is 0.358 e. The van der Waals surface area contributed by atoms with Crippen molar-refractivity contribution in [3.05, 3.63) is 71.8 Å². The largest absolute Gasteiger partial charge is 0.453 e. The molecule has 0 bridgehead atoms. The quantitative estimate of drug-likeness (QED) is 0.410. The lowest BCUT2D eigenvalue weighted by Gasteiger charge is -2.26. The van der Waals surface area contributed by atoms with Crippen molar-refractivity contribution in [2.24, 2.45) is 23.7 Å². The van der Waals surface area contributed by atoms with Crippen molar-refractivity contribution in [1.82, 2.24) is 0 Å². The first-order chi connectivity index (χ1) is 15.5. The number of allylic oxidation sites excluding steroid dienone is 2. The lowest BCUT2D eigenvalue weighted by atomic mass is 9.91. The summed E-state index contributed by atoms with van der Waals surface area (Å²) in [5.41, 5.74) is 2.33. The fraction of sp³-hybridized carbons (Fsp3) is 0.385. The van der Waals surface area contributed by atoms with Gasteiger partial charge in [-0.1, -0.05) is 47.5 Å². The number of thiocarbonyl (C=S) groups is 2. The lowest BCUT2D eigenvalue weighted by molar-refractivity contribution is 0.0370. The van der Waals surface area contributed by atoms with Crippen LogP contribution in [0.1, 0.15) is 24.0 Å². The highest BCUT2D eigenvalue weighted by Crippen LogP contribution is 2.57. The van der Waals surface area contributed by atoms with Gasteiger partial charge in [0.1, 0.15) is 23.7 Å². The Labute approximate surface area is 199 Å². The fourth-order valence-electron chi connectivity index (χ4n) is 5.44. The molecule has 6 heteroatoms. The molecule has 0 saturated heterocycles. The van der Waals surface area contributed by atoms with E-state index < -0.39 is 0 Å². The molecule has 2 fully saturated rings. The first-order valence-corrected chi connectivity index (χ1v) is 11.9. The Balaban J connectivity index is 1.24. The van der Waals surface area contributed by atoms with E-state index in [0.717, 1.165) is 12.8 Å². The fourth-order valence-corrected chi connectivity index (χ4v) is 5.88. The molecule has 3 aliphatic rings. The molecule has 0 spiro atoms. The lowest BCUT2D eigenvalue weighted by Crippen LogP contribution is -2.34. The predicted octanol–water partition coefficient (Wildman–Crippen LogP) is 5.94. The molecule has 2 aromatic rings. The summed E-state index contributed by atoms with van der Waals surface area (Å²) in [6.07, 6.45) is 6.34. The summed E-state index contributed by atoms with van der Waals surface area (Å²) < 4.78 is 23.9. The molecule has 32 heavy (non-hydrogen) atoms. The molecule has 4 nitrogen and oxygen atoms in total. The number of aryl methyl sites for hydroxylation is 2. The van der Waals surface area contributed by atoms with Crippen LogP contribution in [0.25, 0.3) is 0 Å². The molecule has 0 unspecified atom stereocenters. The van der Waals surface area contributed by atoms with Crippen LogP contribution in [0.3, 0.4) is 0 Å². The number of hydrogen-bond acceptors (Lipinski definition) is 6. The summed E-state index contributed by atoms with van der Waals surface area (Å²) in [5.74, 6) is 3.02. The van der Waals surface area contributed by atoms with E-state index in [1.165, 1.54) is 11.1 Å². The zero-order valence-electron chi connectivity index (χ0n) is 18.1. The Hall–Kier alpha value is -2.44. The number of benzene rings is 2. The molecule has 0 aromatic heterocycles. The highest BCUT2D eigenvalue weighted by molar-refractivity contribution is 7.80. The summed E-state index contributed by atoms with van der Waals surface area (Å²) in [5, 5.41) is 0.312. The van der Waals surface area contributed by atoms with Crippen molar-refractivity contribution in [2.45, 2.75) is 38.9 Å². The Kier molecular flexibility index (Phi) is 5.91. The smallest absolute Gasteiger partial charge is 0.358 e. The molecular formula is C26H26O4S2. The van der Waals surface area contributed by atoms with E-state index in [-0.39, 0.29) is 28.6 Å². The molecule has 2 saturated carbocycles. The van der Waals surface area contributed by atoms with Gasteiger partial charge in [0.2, 0.25) is 0 Å². The Morgan fingerprint density at radius 3 is 1.47 bits per heavy atom. The minimum absolute atomic E-state index is 0.0647. The van der Waals surface area contributed by atoms with Crippen molar-refractivity contribution in [1.29, 1.82) is 0 Å². The number of hydrogen-bond donors (Lipinski definition) is 0. The normalized spacial score (nSPS) is 29.4. The van der Waals surface area contributed by atoms with Crippen LogP contribution >= 0.6 is 24.4 Å². The first-order valence-electron chi connectivity index (χ1n) is 11.0. The van der Waals surface area contributed by atoms with Crippen LogP contribution in [-0.4, -0.2) is 22.7 Å². The van der Waals surface area contributed by atoms with E-state index in [1.54, 1.807) is 0 Å². The summed E-state index contributed by atoms with van der Waals surface area (Å²) in [7, 11) is 0. The minimum atomic E-state index is -0.0647. The van der Waals surface area contributed by atoms with Gasteiger partial charge in [-0.25, -0.2) is 0 Å². The van der Waals surface area contributed by atoms with Gasteiger partial charge in [0.05, 0.1) is 0 Å². The van der Waals surface area contributed by atoms with Crippen LogP contribution in [0, 0.1) is 37.5 Å². The van der Waals surface area contributed by atoms with Crippen molar-refractivity contribution in [3.63, 3.8) is 0 Å². The van der Waals surface area contributed by atoms with Gasteiger partial charge >= 0.3 is 10.5 Å². The van der Waals surface area contributed by atoms with E-state index in [9.17, 15) is 0 Å². The number of rotatable bonds is 4. The van der Waals surface area contributed by atoms with Crippen LogP contribution < -0.4 is 9.47 Å². The van der Waals surface area contributed by atoms with Gasteiger partial charge in [-0.15, -0.1) is 0 Å². The van der Waals surface area contributed by atoms with Crippen LogP contribution in [0.2, 0.25) is 0 Å². The molecule has 0 amide bonds. The third kappa shape index (κ3) is 4.39. The molecule has 0 N–H and O–H groups in total. The van der Waals surface area contributed by atoms with Crippen molar-refractivity contribution in [2.75, 3.05) is 0 Å². The number of ether oxygens (including phenoxy) is 4. The van der Waals surface area contributed by atoms with E-state index in [1.807, 2.05) is 62.4 Å². The molecule has 0 aliphatic heterocycles. The highest BCUT2D eigenvalue weighted by atomic mass is 32.1. The van der Waals surface area contributed by atoms with Crippen molar-refractivity contribution < 1.29 is 18.9 Å². The van der Waals surface area contributed by atoms with E-state index in [4.69, 9.17) is 43.4 Å². The molecule has 0 radical (unpaired) electrons. The monoisotopic (exact) mass is 466 g/mol. The van der Waals surface area contributed by atoms with E-state index >= 15 is 0 Å². The molecule has 4 atom stereocenters. The zero-order valence-corrected chi connectivity index (χ0v) is 19.7. The van der Waals surface area contributed by atoms with Crippen LogP contribution in [0.4, 0.5) is 0 Å². The molecule has 2 aromatic carbocycles. The highest BCUT2D eigenvalue weighted by Gasteiger charge is 2.58. The first kappa shape index (κ1) is 21.4. The third-order valence-corrected chi connectivity index (χ3v) is 7.20. The summed E-state index contributed by atoms with van der Waals surface area (Å²) in [6, 6.07) is 15.6. The van der Waals surface area contributed by atoms with E-state index in [2.05, 4.69) is 12.2 Å². The summed E-state index contributed by atoms with van der Waals surface area (Å²) >= 11 is 10.8. The second-order valence-electron chi connectivity index (χ2n) is 8.98. The topological polar surface area (TPSA) is 36.9 Å². The maximum atomic E-state index is 6.17. The van der Waals surface area contributed by atoms with Crippen LogP contribution in [0.5, 0.6) is 11.5 Å². The summed E-state index contributed by atoms with van der Waals surface area (Å²) in [4.78, 5) is 0. The van der Waals surface area contributed by atoms with Gasteiger partial charge in [-0.2, -0.15) is 0 Å². The predicted molar refractivity (Wildman–Crippen MR) is 131 cm³/mol. The standard InChI is InChI=1S/C26H26O4S2/c1-15-3-9-19(10-4-15)27-25(31)29-21-13-17-7-8-18-14-22(24(21)23(17)18)30-26(32)28-20-11-5-16(2)6-12-20/h3-12,17-18,21-24H,13-14H2,1-2H3/t17-,18-,21+,22+,23?,24?/m0/s1. The van der Waals surface area contributed by atoms with Gasteiger partial charge in [0.15, 0.2) is 0 Å². The third-order valence-electron chi connectivity index (χ3n) is 6.85. The van der Waals surface area contributed by atoms with Gasteiger partial charge in [-0.05, 0) is 68.7 Å². The SMILES string of the molecule is Cc1ccc(OC(=S)O[C@@H]2C[C@@H]3C=C[C@H]4C[C@@H](OC(=S)Oc5ccc(C)cc5)C2C34)cc1. The summed E-state index contributed by atoms with van der Waals surface area (Å²) in [6.45, 7) is 4.07. The Morgan fingerprint density at radius 1 is 0.656 bits per heavy atom. The van der Waals surface area contributed by atoms with Gasteiger partial charge in [-0.3, -0.25) is 0 Å². The minimum Gasteiger partial charge on any atom is -0.453 e. The van der Waals surface area contributed by atoms with Gasteiger partial charge < -0.3 is 18.9 Å². The molecule has 3 aliphatic carbocycles. The molecule has 5 rings (SSSR count). The van der Waals surface area contributed by atoms with Crippen molar-refractivity contribution >= 4 is 34.9 Å². The van der Waals surface area contributed by atoms with Crippen molar-refractivity contribution in [3.8, 4) is 11.5 Å². The average Bonchev–Trinajstić information content (AvgIpc) is 3.41. The molecular weight excluding hydrogens is 440 g/mol. The van der Waals surface area contributed by atoms with Crippen LogP contribution in [-0.2, 0) is 9.47 Å².